The lowest BCUT2D eigenvalue weighted by Crippen LogP contribution is -2.12. The Labute approximate surface area is 100 Å². The van der Waals surface area contributed by atoms with Crippen LogP contribution in [0.25, 0.3) is 0 Å². The number of benzene rings is 1. The minimum atomic E-state index is -0.460. The van der Waals surface area contributed by atoms with Crippen LogP contribution in [-0.2, 0) is 6.42 Å². The molecule has 3 nitrogen and oxygen atoms in total. The third-order valence-electron chi connectivity index (χ3n) is 2.67. The lowest BCUT2D eigenvalue weighted by atomic mass is 10.0. The van der Waals surface area contributed by atoms with Crippen LogP contribution >= 0.6 is 11.6 Å². The molecule has 1 heterocycles. The summed E-state index contributed by atoms with van der Waals surface area (Å²) in [5, 5.41) is 12.5. The highest BCUT2D eigenvalue weighted by Gasteiger charge is 2.12. The van der Waals surface area contributed by atoms with E-state index in [0.717, 1.165) is 12.1 Å². The first-order chi connectivity index (χ1) is 7.79. The zero-order valence-electron chi connectivity index (χ0n) is 8.94. The first-order valence-electron chi connectivity index (χ1n) is 5.37. The van der Waals surface area contributed by atoms with E-state index in [9.17, 15) is 5.11 Å². The summed E-state index contributed by atoms with van der Waals surface area (Å²) in [5.41, 5.74) is 2.30. The largest absolute Gasteiger partial charge is 0.392 e. The van der Waals surface area contributed by atoms with Crippen molar-refractivity contribution in [1.82, 2.24) is 5.32 Å². The number of nitrogens with one attached hydrogen (secondary N) is 1. The highest BCUT2D eigenvalue weighted by molar-refractivity contribution is 6.18. The number of rotatable bonds is 4. The fourth-order valence-electron chi connectivity index (χ4n) is 1.77. The van der Waals surface area contributed by atoms with Crippen molar-refractivity contribution in [3.8, 4) is 0 Å². The van der Waals surface area contributed by atoms with Crippen molar-refractivity contribution in [3.63, 3.8) is 0 Å². The van der Waals surface area contributed by atoms with Crippen LogP contribution in [0.15, 0.2) is 29.3 Å². The van der Waals surface area contributed by atoms with Gasteiger partial charge in [-0.25, -0.2) is 0 Å². The van der Waals surface area contributed by atoms with Gasteiger partial charge in [-0.15, -0.1) is 11.6 Å². The van der Waals surface area contributed by atoms with Crippen LogP contribution in [0.5, 0.6) is 0 Å². The van der Waals surface area contributed by atoms with Gasteiger partial charge in [-0.3, -0.25) is 4.99 Å². The summed E-state index contributed by atoms with van der Waals surface area (Å²) in [6, 6.07) is 8.40. The fourth-order valence-corrected chi connectivity index (χ4v) is 1.88. The Bertz CT molecular complexity index is 364. The second kappa shape index (κ2) is 5.32. The summed E-state index contributed by atoms with van der Waals surface area (Å²) >= 11 is 5.56. The zero-order chi connectivity index (χ0) is 11.4. The molecule has 0 bridgehead atoms. The molecule has 86 valence electrons. The number of hydrogen-bond acceptors (Lipinski definition) is 3. The Morgan fingerprint density at radius 3 is 2.75 bits per heavy atom. The van der Waals surface area contributed by atoms with Crippen LogP contribution in [-0.4, -0.2) is 30.0 Å². The van der Waals surface area contributed by atoms with Gasteiger partial charge in [0.2, 0.25) is 0 Å². The molecule has 2 N–H and O–H groups in total. The van der Waals surface area contributed by atoms with Crippen molar-refractivity contribution in [1.29, 1.82) is 0 Å². The van der Waals surface area contributed by atoms with Crippen LogP contribution in [0.2, 0.25) is 0 Å². The predicted octanol–water partition coefficient (Wildman–Crippen LogP) is 1.50. The molecule has 2 unspecified atom stereocenters. The van der Waals surface area contributed by atoms with E-state index in [2.05, 4.69) is 22.4 Å². The van der Waals surface area contributed by atoms with Gasteiger partial charge in [-0.2, -0.15) is 0 Å². The van der Waals surface area contributed by atoms with Gasteiger partial charge in [0.25, 0.3) is 0 Å². The number of aliphatic hydroxyl groups is 1. The Morgan fingerprint density at radius 2 is 2.19 bits per heavy atom. The van der Waals surface area contributed by atoms with Gasteiger partial charge in [0.05, 0.1) is 18.5 Å². The molecule has 2 rings (SSSR count). The zero-order valence-corrected chi connectivity index (χ0v) is 9.69. The van der Waals surface area contributed by atoms with Crippen molar-refractivity contribution >= 4 is 17.9 Å². The quantitative estimate of drug-likeness (QED) is 0.781. The average molecular weight is 239 g/mol. The maximum Gasteiger partial charge on any atom is 0.0938 e. The van der Waals surface area contributed by atoms with E-state index in [1.807, 2.05) is 12.1 Å². The van der Waals surface area contributed by atoms with Crippen LogP contribution in [0.1, 0.15) is 17.2 Å². The van der Waals surface area contributed by atoms with Crippen LogP contribution in [0.3, 0.4) is 0 Å². The van der Waals surface area contributed by atoms with Gasteiger partial charge >= 0.3 is 0 Å². The van der Waals surface area contributed by atoms with Crippen molar-refractivity contribution in [2.75, 3.05) is 12.4 Å². The van der Waals surface area contributed by atoms with Gasteiger partial charge in [0, 0.05) is 12.4 Å². The first-order valence-corrected chi connectivity index (χ1v) is 5.91. The van der Waals surface area contributed by atoms with Crippen LogP contribution in [0.4, 0.5) is 0 Å². The highest BCUT2D eigenvalue weighted by Crippen LogP contribution is 2.19. The SMILES string of the molecule is OC(CCl)Cc1ccc(C2CNC=N2)cc1. The Hall–Kier alpha value is -1.06. The molecule has 0 fully saturated rings. The Kier molecular flexibility index (Phi) is 3.80. The minimum absolute atomic E-state index is 0.229. The molecule has 2 atom stereocenters. The standard InChI is InChI=1S/C12H15ClN2O/c13-6-11(16)5-9-1-3-10(4-2-9)12-7-14-8-15-12/h1-4,8,11-12,16H,5-7H2,(H,14,15). The Balaban J connectivity index is 2.01. The summed E-state index contributed by atoms with van der Waals surface area (Å²) in [4.78, 5) is 4.31. The van der Waals surface area contributed by atoms with E-state index in [4.69, 9.17) is 11.6 Å². The molecule has 1 aromatic rings. The number of aliphatic hydroxyl groups excluding tert-OH is 1. The van der Waals surface area contributed by atoms with Crippen LogP contribution < -0.4 is 5.32 Å². The van der Waals surface area contributed by atoms with Gasteiger partial charge < -0.3 is 10.4 Å². The molecular weight excluding hydrogens is 224 g/mol. The number of aliphatic imine (C=N–C) groups is 1. The van der Waals surface area contributed by atoms with Gasteiger partial charge in [0.1, 0.15) is 0 Å². The second-order valence-electron chi connectivity index (χ2n) is 3.96. The monoisotopic (exact) mass is 238 g/mol. The van der Waals surface area contributed by atoms with Crippen molar-refractivity contribution < 1.29 is 5.11 Å². The number of alkyl halides is 1. The average Bonchev–Trinajstić information content (AvgIpc) is 2.83. The summed E-state index contributed by atoms with van der Waals surface area (Å²) in [7, 11) is 0. The number of hydrogen-bond donors (Lipinski definition) is 2. The first kappa shape index (κ1) is 11.4. The predicted molar refractivity (Wildman–Crippen MR) is 66.1 cm³/mol. The van der Waals surface area contributed by atoms with Gasteiger partial charge in [-0.1, -0.05) is 24.3 Å². The molecule has 0 aromatic heterocycles. The third kappa shape index (κ3) is 2.74. The third-order valence-corrected chi connectivity index (χ3v) is 3.03. The normalized spacial score (nSPS) is 20.8. The molecule has 4 heteroatoms. The van der Waals surface area contributed by atoms with Gasteiger partial charge in [-0.05, 0) is 17.5 Å². The molecule has 0 saturated heterocycles. The van der Waals surface area contributed by atoms with E-state index in [0.29, 0.717) is 6.42 Å². The van der Waals surface area contributed by atoms with Crippen LogP contribution in [0, 0.1) is 0 Å². The molecule has 0 spiro atoms. The van der Waals surface area contributed by atoms with Crippen molar-refractivity contribution in [3.05, 3.63) is 35.4 Å². The second-order valence-corrected chi connectivity index (χ2v) is 4.26. The molecule has 1 aliphatic heterocycles. The maximum atomic E-state index is 9.43. The summed E-state index contributed by atoms with van der Waals surface area (Å²) < 4.78 is 0. The molecule has 1 aromatic carbocycles. The van der Waals surface area contributed by atoms with Crippen molar-refractivity contribution in [2.24, 2.45) is 4.99 Å². The van der Waals surface area contributed by atoms with E-state index in [1.165, 1.54) is 5.56 Å². The molecular formula is C12H15ClN2O. The molecule has 16 heavy (non-hydrogen) atoms. The summed E-state index contributed by atoms with van der Waals surface area (Å²) in [6.07, 6.45) is 1.89. The molecule has 0 amide bonds. The van der Waals surface area contributed by atoms with E-state index < -0.39 is 6.10 Å². The molecule has 1 aliphatic rings. The molecule has 0 aliphatic carbocycles. The van der Waals surface area contributed by atoms with Gasteiger partial charge in [0.15, 0.2) is 0 Å². The lowest BCUT2D eigenvalue weighted by molar-refractivity contribution is 0.199. The van der Waals surface area contributed by atoms with E-state index in [-0.39, 0.29) is 11.9 Å². The summed E-state index contributed by atoms with van der Waals surface area (Å²) in [6.45, 7) is 0.865. The fraction of sp³-hybridized carbons (Fsp3) is 0.417. The van der Waals surface area contributed by atoms with E-state index >= 15 is 0 Å². The van der Waals surface area contributed by atoms with E-state index in [1.54, 1.807) is 6.34 Å². The summed E-state index contributed by atoms with van der Waals surface area (Å²) in [5.74, 6) is 0.276. The van der Waals surface area contributed by atoms with Crippen molar-refractivity contribution in [2.45, 2.75) is 18.6 Å². The minimum Gasteiger partial charge on any atom is -0.392 e. The lowest BCUT2D eigenvalue weighted by Gasteiger charge is -2.09. The maximum absolute atomic E-state index is 9.43. The molecule has 0 radical (unpaired) electrons. The number of nitrogens with zero attached hydrogens (tertiary/aromatic N) is 1. The highest BCUT2D eigenvalue weighted by atomic mass is 35.5. The number of halogens is 1. The Morgan fingerprint density at radius 1 is 1.44 bits per heavy atom. The smallest absolute Gasteiger partial charge is 0.0938 e. The topological polar surface area (TPSA) is 44.6 Å². The molecule has 0 saturated carbocycles.